The molecule has 0 aliphatic carbocycles. The molecule has 1 N–H and O–H groups in total. The molecule has 1 aliphatic heterocycles. The zero-order valence-electron chi connectivity index (χ0n) is 13.1. The second-order valence-corrected chi connectivity index (χ2v) is 6.43. The quantitative estimate of drug-likeness (QED) is 0.708. The van der Waals surface area contributed by atoms with Crippen molar-refractivity contribution in [3.63, 3.8) is 0 Å². The van der Waals surface area contributed by atoms with Crippen molar-refractivity contribution in [2.45, 2.75) is 19.3 Å². The minimum atomic E-state index is -0.966. The SMILES string of the molecule is CN(CCC(=O)O)C(=O)CCCN1C(=O)c2ccc(Br)cc2C1=O. The highest BCUT2D eigenvalue weighted by atomic mass is 79.9. The van der Waals surface area contributed by atoms with Gasteiger partial charge in [0.15, 0.2) is 0 Å². The summed E-state index contributed by atoms with van der Waals surface area (Å²) in [6.07, 6.45) is 0.367. The maximum atomic E-state index is 12.3. The molecule has 128 valence electrons. The zero-order chi connectivity index (χ0) is 17.9. The highest BCUT2D eigenvalue weighted by Crippen LogP contribution is 2.26. The number of hydrogen-bond acceptors (Lipinski definition) is 4. The van der Waals surface area contributed by atoms with Crippen LogP contribution >= 0.6 is 15.9 Å². The van der Waals surface area contributed by atoms with Crippen LogP contribution in [0.1, 0.15) is 40.0 Å². The van der Waals surface area contributed by atoms with Gasteiger partial charge in [-0.3, -0.25) is 24.1 Å². The molecule has 0 saturated carbocycles. The summed E-state index contributed by atoms with van der Waals surface area (Å²) in [6.45, 7) is 0.289. The Hall–Kier alpha value is -2.22. The number of halogens is 1. The molecule has 0 aromatic heterocycles. The van der Waals surface area contributed by atoms with Crippen molar-refractivity contribution in [3.05, 3.63) is 33.8 Å². The van der Waals surface area contributed by atoms with E-state index in [-0.39, 0.29) is 43.7 Å². The Morgan fingerprint density at radius 1 is 1.17 bits per heavy atom. The van der Waals surface area contributed by atoms with Gasteiger partial charge < -0.3 is 10.0 Å². The van der Waals surface area contributed by atoms with Crippen LogP contribution < -0.4 is 0 Å². The minimum Gasteiger partial charge on any atom is -0.481 e. The van der Waals surface area contributed by atoms with E-state index in [4.69, 9.17) is 5.11 Å². The number of aliphatic carboxylic acids is 1. The molecular weight excluding hydrogens is 380 g/mol. The van der Waals surface area contributed by atoms with E-state index in [1.54, 1.807) is 18.2 Å². The fraction of sp³-hybridized carbons (Fsp3) is 0.375. The molecule has 3 amide bonds. The molecule has 0 spiro atoms. The van der Waals surface area contributed by atoms with Crippen LogP contribution in [0.5, 0.6) is 0 Å². The van der Waals surface area contributed by atoms with Crippen LogP contribution in [0, 0.1) is 0 Å². The monoisotopic (exact) mass is 396 g/mol. The number of nitrogens with zero attached hydrogens (tertiary/aromatic N) is 2. The van der Waals surface area contributed by atoms with E-state index in [0.29, 0.717) is 17.5 Å². The summed E-state index contributed by atoms with van der Waals surface area (Å²) >= 11 is 3.27. The van der Waals surface area contributed by atoms with E-state index in [0.717, 1.165) is 9.37 Å². The summed E-state index contributed by atoms with van der Waals surface area (Å²) in [5, 5.41) is 8.60. The predicted molar refractivity (Wildman–Crippen MR) is 88.6 cm³/mol. The number of carboxylic acid groups (broad SMARTS) is 1. The van der Waals surface area contributed by atoms with Crippen LogP contribution in [0.25, 0.3) is 0 Å². The standard InChI is InChI=1S/C16H17BrN2O5/c1-18(8-6-14(21)22)13(20)3-2-7-19-15(23)11-5-4-10(17)9-12(11)16(19)24/h4-5,9H,2-3,6-8H2,1H3,(H,21,22). The molecule has 1 aromatic carbocycles. The lowest BCUT2D eigenvalue weighted by Crippen LogP contribution is -2.33. The highest BCUT2D eigenvalue weighted by molar-refractivity contribution is 9.10. The van der Waals surface area contributed by atoms with E-state index in [2.05, 4.69) is 15.9 Å². The maximum Gasteiger partial charge on any atom is 0.305 e. The van der Waals surface area contributed by atoms with Gasteiger partial charge in [-0.05, 0) is 24.6 Å². The van der Waals surface area contributed by atoms with Gasteiger partial charge in [-0.2, -0.15) is 0 Å². The number of amides is 3. The summed E-state index contributed by atoms with van der Waals surface area (Å²) in [5.74, 6) is -1.89. The topological polar surface area (TPSA) is 95.0 Å². The van der Waals surface area contributed by atoms with Gasteiger partial charge in [0.05, 0.1) is 17.5 Å². The Labute approximate surface area is 147 Å². The Morgan fingerprint density at radius 3 is 2.50 bits per heavy atom. The molecule has 7 nitrogen and oxygen atoms in total. The van der Waals surface area contributed by atoms with Crippen molar-refractivity contribution in [2.24, 2.45) is 0 Å². The van der Waals surface area contributed by atoms with Gasteiger partial charge in [0, 0.05) is 31.0 Å². The molecule has 0 unspecified atom stereocenters. The molecule has 0 saturated heterocycles. The van der Waals surface area contributed by atoms with Crippen LogP contribution in [0.3, 0.4) is 0 Å². The van der Waals surface area contributed by atoms with Crippen molar-refractivity contribution >= 4 is 39.6 Å². The van der Waals surface area contributed by atoms with Gasteiger partial charge in [0.25, 0.3) is 11.8 Å². The lowest BCUT2D eigenvalue weighted by atomic mass is 10.1. The normalized spacial score (nSPS) is 13.2. The zero-order valence-corrected chi connectivity index (χ0v) is 14.7. The highest BCUT2D eigenvalue weighted by Gasteiger charge is 2.35. The lowest BCUT2D eigenvalue weighted by molar-refractivity contribution is -0.138. The number of carbonyl (C=O) groups is 4. The first-order valence-corrected chi connectivity index (χ1v) is 8.22. The molecular formula is C16H17BrN2O5. The third-order valence-electron chi connectivity index (χ3n) is 3.79. The third-order valence-corrected chi connectivity index (χ3v) is 4.29. The molecule has 1 aliphatic rings. The molecule has 0 bridgehead atoms. The Balaban J connectivity index is 1.87. The maximum absolute atomic E-state index is 12.3. The molecule has 2 rings (SSSR count). The second kappa shape index (κ2) is 7.57. The average molecular weight is 397 g/mol. The fourth-order valence-corrected chi connectivity index (χ4v) is 2.79. The molecule has 24 heavy (non-hydrogen) atoms. The first kappa shape index (κ1) is 18.1. The van der Waals surface area contributed by atoms with Gasteiger partial charge >= 0.3 is 5.97 Å². The average Bonchev–Trinajstić information content (AvgIpc) is 2.76. The molecule has 0 radical (unpaired) electrons. The van der Waals surface area contributed by atoms with Crippen LogP contribution in [0.4, 0.5) is 0 Å². The first-order chi connectivity index (χ1) is 11.3. The number of carbonyl (C=O) groups excluding carboxylic acids is 3. The Morgan fingerprint density at radius 2 is 1.83 bits per heavy atom. The van der Waals surface area contributed by atoms with Crippen molar-refractivity contribution in [2.75, 3.05) is 20.1 Å². The second-order valence-electron chi connectivity index (χ2n) is 5.51. The molecule has 0 fully saturated rings. The van der Waals surface area contributed by atoms with Crippen LogP contribution in [-0.2, 0) is 9.59 Å². The van der Waals surface area contributed by atoms with Gasteiger partial charge in [-0.25, -0.2) is 0 Å². The van der Waals surface area contributed by atoms with E-state index in [1.807, 2.05) is 0 Å². The molecule has 1 heterocycles. The van der Waals surface area contributed by atoms with Gasteiger partial charge in [-0.15, -0.1) is 0 Å². The third kappa shape index (κ3) is 4.00. The fourth-order valence-electron chi connectivity index (χ4n) is 2.43. The lowest BCUT2D eigenvalue weighted by Gasteiger charge is -2.17. The molecule has 0 atom stereocenters. The van der Waals surface area contributed by atoms with Crippen molar-refractivity contribution in [3.8, 4) is 0 Å². The van der Waals surface area contributed by atoms with Crippen molar-refractivity contribution in [1.82, 2.24) is 9.80 Å². The number of benzene rings is 1. The van der Waals surface area contributed by atoms with E-state index < -0.39 is 5.97 Å². The summed E-state index contributed by atoms with van der Waals surface area (Å²) in [7, 11) is 1.53. The van der Waals surface area contributed by atoms with Gasteiger partial charge in [0.2, 0.25) is 5.91 Å². The number of carboxylic acids is 1. The molecule has 1 aromatic rings. The predicted octanol–water partition coefficient (Wildman–Crippen LogP) is 1.76. The largest absolute Gasteiger partial charge is 0.481 e. The molecule has 8 heteroatoms. The Bertz CT molecular complexity index is 704. The van der Waals surface area contributed by atoms with E-state index in [9.17, 15) is 19.2 Å². The van der Waals surface area contributed by atoms with Crippen LogP contribution in [0.2, 0.25) is 0 Å². The number of fused-ring (bicyclic) bond motifs is 1. The Kier molecular flexibility index (Phi) is 5.71. The number of rotatable bonds is 7. The summed E-state index contributed by atoms with van der Waals surface area (Å²) in [6, 6.07) is 4.92. The van der Waals surface area contributed by atoms with E-state index in [1.165, 1.54) is 11.9 Å². The van der Waals surface area contributed by atoms with Crippen LogP contribution in [0.15, 0.2) is 22.7 Å². The van der Waals surface area contributed by atoms with Crippen molar-refractivity contribution < 1.29 is 24.3 Å². The van der Waals surface area contributed by atoms with Gasteiger partial charge in [-0.1, -0.05) is 15.9 Å². The summed E-state index contributed by atoms with van der Waals surface area (Å²) in [5.41, 5.74) is 0.729. The smallest absolute Gasteiger partial charge is 0.305 e. The summed E-state index contributed by atoms with van der Waals surface area (Å²) < 4.78 is 0.722. The first-order valence-electron chi connectivity index (χ1n) is 7.42. The van der Waals surface area contributed by atoms with Crippen molar-refractivity contribution in [1.29, 1.82) is 0 Å². The number of imide groups is 1. The minimum absolute atomic E-state index is 0.116. The number of hydrogen-bond donors (Lipinski definition) is 1. The van der Waals surface area contributed by atoms with E-state index >= 15 is 0 Å². The van der Waals surface area contributed by atoms with Gasteiger partial charge in [0.1, 0.15) is 0 Å². The summed E-state index contributed by atoms with van der Waals surface area (Å²) in [4.78, 5) is 49.4. The van der Waals surface area contributed by atoms with Crippen LogP contribution in [-0.4, -0.2) is 58.7 Å².